The molecule has 3 rings (SSSR count). The van der Waals surface area contributed by atoms with Crippen LogP contribution in [0.3, 0.4) is 0 Å². The van der Waals surface area contributed by atoms with E-state index in [0.29, 0.717) is 11.3 Å². The minimum atomic E-state index is -0.631. The molecule has 0 aliphatic heterocycles. The maximum atomic E-state index is 13.0. The van der Waals surface area contributed by atoms with Crippen molar-refractivity contribution in [3.8, 4) is 28.7 Å². The summed E-state index contributed by atoms with van der Waals surface area (Å²) in [6, 6.07) is 12.5. The van der Waals surface area contributed by atoms with Crippen LogP contribution in [0, 0.1) is 34.2 Å². The van der Waals surface area contributed by atoms with Crippen molar-refractivity contribution in [1.29, 1.82) is 5.26 Å². The van der Waals surface area contributed by atoms with Crippen LogP contribution in [0.2, 0.25) is 0 Å². The number of H-pyrrole nitrogens is 1. The van der Waals surface area contributed by atoms with Gasteiger partial charge >= 0.3 is 5.69 Å². The standard InChI is InChI=1S/C19H12FN3O4/c1-11-8-15(16(10-21)19(24)22-11)12-2-7-18(17(9-12)23(25)26)27-14-5-3-13(20)4-6-14/h2-9H,1H3,(H,22,24). The highest BCUT2D eigenvalue weighted by atomic mass is 19.1. The molecule has 0 aliphatic carbocycles. The number of benzene rings is 2. The highest BCUT2D eigenvalue weighted by Crippen LogP contribution is 2.35. The second-order valence-electron chi connectivity index (χ2n) is 5.68. The predicted molar refractivity (Wildman–Crippen MR) is 95.1 cm³/mol. The van der Waals surface area contributed by atoms with Gasteiger partial charge in [-0.15, -0.1) is 0 Å². The smallest absolute Gasteiger partial charge is 0.312 e. The fourth-order valence-corrected chi connectivity index (χ4v) is 2.57. The fraction of sp³-hybridized carbons (Fsp3) is 0.0526. The summed E-state index contributed by atoms with van der Waals surface area (Å²) < 4.78 is 18.5. The topological polar surface area (TPSA) is 109 Å². The number of aromatic nitrogens is 1. The van der Waals surface area contributed by atoms with Crippen molar-refractivity contribution < 1.29 is 14.1 Å². The average Bonchev–Trinajstić information content (AvgIpc) is 2.63. The number of aromatic amines is 1. The average molecular weight is 365 g/mol. The van der Waals surface area contributed by atoms with Crippen molar-refractivity contribution in [3.05, 3.63) is 86.1 Å². The van der Waals surface area contributed by atoms with Crippen LogP contribution in [0.25, 0.3) is 11.1 Å². The Balaban J connectivity index is 2.10. The van der Waals surface area contributed by atoms with Crippen molar-refractivity contribution >= 4 is 5.69 Å². The van der Waals surface area contributed by atoms with Crippen molar-refractivity contribution in [2.75, 3.05) is 0 Å². The Bertz CT molecular complexity index is 1130. The number of hydrogen-bond donors (Lipinski definition) is 1. The number of pyridine rings is 1. The molecular formula is C19H12FN3O4. The summed E-state index contributed by atoms with van der Waals surface area (Å²) in [5.41, 5.74) is 0.0833. The summed E-state index contributed by atoms with van der Waals surface area (Å²) in [6.07, 6.45) is 0. The maximum absolute atomic E-state index is 13.0. The molecule has 0 radical (unpaired) electrons. The Morgan fingerprint density at radius 1 is 1.19 bits per heavy atom. The molecule has 0 fully saturated rings. The highest BCUT2D eigenvalue weighted by Gasteiger charge is 2.19. The van der Waals surface area contributed by atoms with Crippen molar-refractivity contribution in [1.82, 2.24) is 4.98 Å². The molecular weight excluding hydrogens is 353 g/mol. The molecule has 0 saturated carbocycles. The lowest BCUT2D eigenvalue weighted by Crippen LogP contribution is -2.12. The molecule has 0 bridgehead atoms. The molecule has 0 atom stereocenters. The Labute approximate surface area is 152 Å². The van der Waals surface area contributed by atoms with Gasteiger partial charge in [-0.1, -0.05) is 6.07 Å². The van der Waals surface area contributed by atoms with Gasteiger partial charge in [-0.2, -0.15) is 5.26 Å². The number of nitrogens with zero attached hydrogens (tertiary/aromatic N) is 2. The summed E-state index contributed by atoms with van der Waals surface area (Å²) in [4.78, 5) is 25.3. The van der Waals surface area contributed by atoms with Gasteiger partial charge in [0.05, 0.1) is 4.92 Å². The maximum Gasteiger partial charge on any atom is 0.312 e. The minimum absolute atomic E-state index is 0.0459. The molecule has 8 heteroatoms. The largest absolute Gasteiger partial charge is 0.450 e. The van der Waals surface area contributed by atoms with E-state index in [-0.39, 0.29) is 28.3 Å². The minimum Gasteiger partial charge on any atom is -0.450 e. The van der Waals surface area contributed by atoms with E-state index in [4.69, 9.17) is 4.74 Å². The van der Waals surface area contributed by atoms with Gasteiger partial charge in [-0.25, -0.2) is 4.39 Å². The number of nitro benzene ring substituents is 1. The second kappa shape index (κ2) is 7.09. The van der Waals surface area contributed by atoms with Crippen LogP contribution in [0.1, 0.15) is 11.3 Å². The molecule has 2 aromatic carbocycles. The van der Waals surface area contributed by atoms with Crippen LogP contribution < -0.4 is 10.3 Å². The van der Waals surface area contributed by atoms with E-state index in [1.54, 1.807) is 13.0 Å². The molecule has 1 heterocycles. The first kappa shape index (κ1) is 17.8. The van der Waals surface area contributed by atoms with E-state index in [9.17, 15) is 24.6 Å². The monoisotopic (exact) mass is 365 g/mol. The third kappa shape index (κ3) is 3.67. The van der Waals surface area contributed by atoms with Gasteiger partial charge in [0.25, 0.3) is 5.56 Å². The molecule has 0 aliphatic rings. The van der Waals surface area contributed by atoms with Gasteiger partial charge in [0, 0.05) is 17.3 Å². The molecule has 7 nitrogen and oxygen atoms in total. The van der Waals surface area contributed by atoms with Crippen LogP contribution in [-0.2, 0) is 0 Å². The number of aryl methyl sites for hydroxylation is 1. The zero-order valence-electron chi connectivity index (χ0n) is 14.0. The first-order chi connectivity index (χ1) is 12.9. The highest BCUT2D eigenvalue weighted by molar-refractivity contribution is 5.74. The lowest BCUT2D eigenvalue weighted by atomic mass is 10.0. The molecule has 1 N–H and O–H groups in total. The first-order valence-corrected chi connectivity index (χ1v) is 7.75. The Morgan fingerprint density at radius 2 is 1.89 bits per heavy atom. The fourth-order valence-electron chi connectivity index (χ4n) is 2.57. The van der Waals surface area contributed by atoms with Gasteiger partial charge in [0.2, 0.25) is 5.75 Å². The van der Waals surface area contributed by atoms with Crippen LogP contribution in [-0.4, -0.2) is 9.91 Å². The zero-order chi connectivity index (χ0) is 19.6. The normalized spacial score (nSPS) is 10.3. The Kier molecular flexibility index (Phi) is 4.68. The lowest BCUT2D eigenvalue weighted by Gasteiger charge is -2.09. The number of nitrogens with one attached hydrogen (secondary N) is 1. The van der Waals surface area contributed by atoms with Crippen LogP contribution in [0.5, 0.6) is 11.5 Å². The van der Waals surface area contributed by atoms with E-state index in [1.807, 2.05) is 6.07 Å². The lowest BCUT2D eigenvalue weighted by molar-refractivity contribution is -0.385. The third-order valence-corrected chi connectivity index (χ3v) is 3.79. The summed E-state index contributed by atoms with van der Waals surface area (Å²) in [6.45, 7) is 1.65. The Hall–Kier alpha value is -3.99. The number of halogens is 1. The van der Waals surface area contributed by atoms with E-state index < -0.39 is 16.3 Å². The molecule has 0 saturated heterocycles. The van der Waals surface area contributed by atoms with E-state index in [0.717, 1.165) is 0 Å². The van der Waals surface area contributed by atoms with Crippen LogP contribution >= 0.6 is 0 Å². The molecule has 1 aromatic heterocycles. The molecule has 0 spiro atoms. The number of hydrogen-bond acceptors (Lipinski definition) is 5. The van der Waals surface area contributed by atoms with Gasteiger partial charge in [0.15, 0.2) is 0 Å². The number of nitro groups is 1. The van der Waals surface area contributed by atoms with Gasteiger partial charge in [0.1, 0.15) is 23.2 Å². The second-order valence-corrected chi connectivity index (χ2v) is 5.68. The van der Waals surface area contributed by atoms with Crippen molar-refractivity contribution in [3.63, 3.8) is 0 Å². The van der Waals surface area contributed by atoms with Crippen molar-refractivity contribution in [2.24, 2.45) is 0 Å². The molecule has 3 aromatic rings. The number of ether oxygens (including phenoxy) is 1. The summed E-state index contributed by atoms with van der Waals surface area (Å²) in [5.74, 6) is -0.270. The van der Waals surface area contributed by atoms with Crippen LogP contribution in [0.4, 0.5) is 10.1 Å². The number of nitriles is 1. The summed E-state index contributed by atoms with van der Waals surface area (Å²) in [7, 11) is 0. The van der Waals surface area contributed by atoms with Crippen LogP contribution in [0.15, 0.2) is 53.3 Å². The zero-order valence-corrected chi connectivity index (χ0v) is 14.0. The first-order valence-electron chi connectivity index (χ1n) is 7.75. The van der Waals surface area contributed by atoms with E-state index in [1.165, 1.54) is 42.5 Å². The SMILES string of the molecule is Cc1cc(-c2ccc(Oc3ccc(F)cc3)c([N+](=O)[O-])c2)c(C#N)c(=O)[nH]1. The predicted octanol–water partition coefficient (Wildman–Crippen LogP) is 4.06. The number of rotatable bonds is 4. The van der Waals surface area contributed by atoms with E-state index >= 15 is 0 Å². The van der Waals surface area contributed by atoms with E-state index in [2.05, 4.69) is 4.98 Å². The quantitative estimate of drug-likeness (QED) is 0.554. The third-order valence-electron chi connectivity index (χ3n) is 3.79. The molecule has 27 heavy (non-hydrogen) atoms. The molecule has 134 valence electrons. The van der Waals surface area contributed by atoms with Crippen molar-refractivity contribution in [2.45, 2.75) is 6.92 Å². The molecule has 0 unspecified atom stereocenters. The summed E-state index contributed by atoms with van der Waals surface area (Å²) in [5, 5.41) is 20.7. The van der Waals surface area contributed by atoms with Gasteiger partial charge in [-0.05, 0) is 48.9 Å². The van der Waals surface area contributed by atoms with Gasteiger partial charge in [-0.3, -0.25) is 14.9 Å². The summed E-state index contributed by atoms with van der Waals surface area (Å²) >= 11 is 0. The Morgan fingerprint density at radius 3 is 2.52 bits per heavy atom. The van der Waals surface area contributed by atoms with Gasteiger partial charge < -0.3 is 9.72 Å². The molecule has 0 amide bonds.